The summed E-state index contributed by atoms with van der Waals surface area (Å²) in [4.78, 5) is 2.21. The number of halogens is 1. The topological polar surface area (TPSA) is 49.5 Å². The van der Waals surface area contributed by atoms with Gasteiger partial charge >= 0.3 is 0 Å². The first-order chi connectivity index (χ1) is 8.60. The van der Waals surface area contributed by atoms with E-state index in [1.165, 1.54) is 0 Å². The second kappa shape index (κ2) is 7.77. The van der Waals surface area contributed by atoms with E-state index in [2.05, 4.69) is 46.0 Å². The van der Waals surface area contributed by atoms with Crippen molar-refractivity contribution in [2.24, 2.45) is 5.73 Å². The van der Waals surface area contributed by atoms with Crippen molar-refractivity contribution >= 4 is 21.6 Å². The molecule has 4 heteroatoms. The lowest BCUT2D eigenvalue weighted by molar-refractivity contribution is 0.301. The van der Waals surface area contributed by atoms with Gasteiger partial charge in [0.25, 0.3) is 0 Å². The van der Waals surface area contributed by atoms with Gasteiger partial charge in [-0.25, -0.2) is 0 Å². The van der Waals surface area contributed by atoms with Crippen molar-refractivity contribution in [3.8, 4) is 0 Å². The highest BCUT2D eigenvalue weighted by molar-refractivity contribution is 9.10. The molecule has 0 unspecified atom stereocenters. The summed E-state index contributed by atoms with van der Waals surface area (Å²) < 4.78 is 1.04. The maximum absolute atomic E-state index is 9.15. The zero-order valence-electron chi connectivity index (χ0n) is 11.2. The Labute approximate surface area is 118 Å². The summed E-state index contributed by atoms with van der Waals surface area (Å²) in [6, 6.07) is 6.24. The molecule has 1 rings (SSSR count). The molecule has 1 atom stereocenters. The number of aliphatic hydroxyl groups is 1. The molecule has 0 spiro atoms. The monoisotopic (exact) mass is 314 g/mol. The molecule has 3 N–H and O–H groups in total. The number of hydrogen-bond donors (Lipinski definition) is 2. The fourth-order valence-electron chi connectivity index (χ4n) is 1.89. The summed E-state index contributed by atoms with van der Waals surface area (Å²) in [5, 5.41) is 9.15. The first-order valence-corrected chi connectivity index (χ1v) is 7.30. The summed E-state index contributed by atoms with van der Waals surface area (Å²) >= 11 is 3.60. The lowest BCUT2D eigenvalue weighted by Crippen LogP contribution is -2.28. The Morgan fingerprint density at radius 3 is 2.61 bits per heavy atom. The molecule has 0 aromatic heterocycles. The summed E-state index contributed by atoms with van der Waals surface area (Å²) in [6.45, 7) is 5.95. The van der Waals surface area contributed by atoms with Gasteiger partial charge in [-0.15, -0.1) is 0 Å². The second-order valence-electron chi connectivity index (χ2n) is 4.56. The summed E-state index contributed by atoms with van der Waals surface area (Å²) in [5.41, 5.74) is 8.12. The number of aliphatic hydroxyl groups excluding tert-OH is 1. The van der Waals surface area contributed by atoms with Gasteiger partial charge in [-0.1, -0.05) is 19.4 Å². The van der Waals surface area contributed by atoms with E-state index < -0.39 is 0 Å². The Morgan fingerprint density at radius 1 is 1.39 bits per heavy atom. The van der Waals surface area contributed by atoms with Crippen LogP contribution in [0.1, 0.15) is 38.3 Å². The van der Waals surface area contributed by atoms with Gasteiger partial charge in [0.15, 0.2) is 0 Å². The summed E-state index contributed by atoms with van der Waals surface area (Å²) in [7, 11) is 0. The van der Waals surface area contributed by atoms with Gasteiger partial charge in [0.2, 0.25) is 0 Å². The SMILES string of the molecule is CCCCN(CCO)c1ccc([C@@H](C)N)cc1Br. The van der Waals surface area contributed by atoms with Gasteiger partial charge in [-0.2, -0.15) is 0 Å². The number of hydrogen-bond acceptors (Lipinski definition) is 3. The van der Waals surface area contributed by atoms with Gasteiger partial charge in [0, 0.05) is 23.6 Å². The van der Waals surface area contributed by atoms with Crippen LogP contribution in [-0.2, 0) is 0 Å². The lowest BCUT2D eigenvalue weighted by atomic mass is 10.1. The fourth-order valence-corrected chi connectivity index (χ4v) is 2.53. The smallest absolute Gasteiger partial charge is 0.0606 e. The van der Waals surface area contributed by atoms with Crippen molar-refractivity contribution in [1.29, 1.82) is 0 Å². The van der Waals surface area contributed by atoms with E-state index in [1.807, 2.05) is 6.92 Å². The molecule has 102 valence electrons. The van der Waals surface area contributed by atoms with E-state index >= 15 is 0 Å². The molecule has 0 fully saturated rings. The molecule has 18 heavy (non-hydrogen) atoms. The van der Waals surface area contributed by atoms with E-state index in [0.29, 0.717) is 6.54 Å². The van der Waals surface area contributed by atoms with Crippen LogP contribution in [0.25, 0.3) is 0 Å². The van der Waals surface area contributed by atoms with Crippen LogP contribution in [0.5, 0.6) is 0 Å². The van der Waals surface area contributed by atoms with Crippen LogP contribution in [0.3, 0.4) is 0 Å². The summed E-state index contributed by atoms with van der Waals surface area (Å²) in [5.74, 6) is 0. The van der Waals surface area contributed by atoms with Crippen molar-refractivity contribution in [1.82, 2.24) is 0 Å². The highest BCUT2D eigenvalue weighted by Gasteiger charge is 2.11. The largest absolute Gasteiger partial charge is 0.395 e. The molecule has 0 heterocycles. The van der Waals surface area contributed by atoms with Crippen LogP contribution in [0, 0.1) is 0 Å². The van der Waals surface area contributed by atoms with E-state index in [0.717, 1.165) is 35.1 Å². The van der Waals surface area contributed by atoms with E-state index in [1.54, 1.807) is 0 Å². The number of anilines is 1. The molecule has 0 saturated carbocycles. The number of nitrogens with zero attached hydrogens (tertiary/aromatic N) is 1. The minimum Gasteiger partial charge on any atom is -0.395 e. The first-order valence-electron chi connectivity index (χ1n) is 6.51. The quantitative estimate of drug-likeness (QED) is 0.813. The predicted molar refractivity (Wildman–Crippen MR) is 81.0 cm³/mol. The fraction of sp³-hybridized carbons (Fsp3) is 0.571. The molecule has 0 aliphatic heterocycles. The minimum absolute atomic E-state index is 0.0392. The zero-order chi connectivity index (χ0) is 13.5. The normalized spacial score (nSPS) is 12.5. The third-order valence-electron chi connectivity index (χ3n) is 2.99. The molecule has 0 aliphatic carbocycles. The number of nitrogens with two attached hydrogens (primary N) is 1. The van der Waals surface area contributed by atoms with Crippen LogP contribution < -0.4 is 10.6 Å². The Morgan fingerprint density at radius 2 is 2.11 bits per heavy atom. The van der Waals surface area contributed by atoms with E-state index in [-0.39, 0.29) is 12.6 Å². The number of rotatable bonds is 7. The van der Waals surface area contributed by atoms with E-state index in [9.17, 15) is 0 Å². The second-order valence-corrected chi connectivity index (χ2v) is 5.42. The predicted octanol–water partition coefficient (Wildman–Crippen LogP) is 3.07. The van der Waals surface area contributed by atoms with Crippen LogP contribution in [0.15, 0.2) is 22.7 Å². The van der Waals surface area contributed by atoms with Crippen molar-refractivity contribution in [2.75, 3.05) is 24.6 Å². The Hall–Kier alpha value is -0.580. The summed E-state index contributed by atoms with van der Waals surface area (Å²) in [6.07, 6.45) is 2.28. The molecule has 1 aromatic rings. The Bertz CT molecular complexity index is 369. The Kier molecular flexibility index (Phi) is 6.68. The van der Waals surface area contributed by atoms with Crippen LogP contribution in [0.4, 0.5) is 5.69 Å². The van der Waals surface area contributed by atoms with Crippen LogP contribution in [-0.4, -0.2) is 24.8 Å². The number of benzene rings is 1. The first kappa shape index (κ1) is 15.5. The van der Waals surface area contributed by atoms with Gasteiger partial charge in [0.05, 0.1) is 12.3 Å². The number of unbranched alkanes of at least 4 members (excludes halogenated alkanes) is 1. The Balaban J connectivity index is 2.90. The molecule has 1 aromatic carbocycles. The average molecular weight is 315 g/mol. The standard InChI is InChI=1S/C14H23BrN2O/c1-3-4-7-17(8-9-18)14-6-5-12(11(2)16)10-13(14)15/h5-6,10-11,18H,3-4,7-9,16H2,1-2H3/t11-/m1/s1. The molecule has 0 amide bonds. The van der Waals surface area contributed by atoms with Crippen LogP contribution >= 0.6 is 15.9 Å². The molecule has 0 bridgehead atoms. The molecular formula is C14H23BrN2O. The molecule has 0 radical (unpaired) electrons. The van der Waals surface area contributed by atoms with Crippen molar-refractivity contribution in [3.63, 3.8) is 0 Å². The molecule has 3 nitrogen and oxygen atoms in total. The van der Waals surface area contributed by atoms with Gasteiger partial charge in [-0.3, -0.25) is 0 Å². The maximum atomic E-state index is 9.15. The van der Waals surface area contributed by atoms with Gasteiger partial charge < -0.3 is 15.7 Å². The molecule has 0 saturated heterocycles. The van der Waals surface area contributed by atoms with Gasteiger partial charge in [-0.05, 0) is 47.0 Å². The highest BCUT2D eigenvalue weighted by Crippen LogP contribution is 2.29. The zero-order valence-corrected chi connectivity index (χ0v) is 12.8. The van der Waals surface area contributed by atoms with Crippen molar-refractivity contribution in [2.45, 2.75) is 32.7 Å². The lowest BCUT2D eigenvalue weighted by Gasteiger charge is -2.25. The third kappa shape index (κ3) is 4.26. The van der Waals surface area contributed by atoms with Crippen molar-refractivity contribution < 1.29 is 5.11 Å². The molecular weight excluding hydrogens is 292 g/mol. The van der Waals surface area contributed by atoms with E-state index in [4.69, 9.17) is 10.8 Å². The maximum Gasteiger partial charge on any atom is 0.0606 e. The van der Waals surface area contributed by atoms with Crippen LogP contribution in [0.2, 0.25) is 0 Å². The molecule has 0 aliphatic rings. The average Bonchev–Trinajstić information content (AvgIpc) is 2.34. The van der Waals surface area contributed by atoms with Gasteiger partial charge in [0.1, 0.15) is 0 Å². The third-order valence-corrected chi connectivity index (χ3v) is 3.62. The van der Waals surface area contributed by atoms with Crippen molar-refractivity contribution in [3.05, 3.63) is 28.2 Å². The minimum atomic E-state index is 0.0392. The highest BCUT2D eigenvalue weighted by atomic mass is 79.9.